The normalized spacial score (nSPS) is 20.8. The monoisotopic (exact) mass is 291 g/mol. The van der Waals surface area contributed by atoms with Gasteiger partial charge in [-0.15, -0.1) is 0 Å². The van der Waals surface area contributed by atoms with Crippen molar-refractivity contribution in [3.8, 4) is 0 Å². The molecular formula is C17H29N3O. The summed E-state index contributed by atoms with van der Waals surface area (Å²) >= 11 is 0. The number of aromatic nitrogens is 1. The van der Waals surface area contributed by atoms with Gasteiger partial charge in [0.15, 0.2) is 0 Å². The molecule has 1 aromatic heterocycles. The fraction of sp³-hybridized carbons (Fsp3) is 0.706. The first kappa shape index (κ1) is 16.4. The van der Waals surface area contributed by atoms with Crippen molar-refractivity contribution in [2.24, 2.45) is 0 Å². The van der Waals surface area contributed by atoms with Gasteiger partial charge in [-0.3, -0.25) is 9.88 Å². The van der Waals surface area contributed by atoms with Crippen molar-refractivity contribution in [2.75, 3.05) is 45.9 Å². The predicted octanol–water partition coefficient (Wildman–Crippen LogP) is 2.06. The fourth-order valence-electron chi connectivity index (χ4n) is 2.99. The molecule has 1 unspecified atom stereocenters. The zero-order chi connectivity index (χ0) is 14.9. The summed E-state index contributed by atoms with van der Waals surface area (Å²) in [6, 6.07) is 6.84. The van der Waals surface area contributed by atoms with Crippen LogP contribution in [0.1, 0.15) is 26.0 Å². The van der Waals surface area contributed by atoms with Crippen LogP contribution in [-0.2, 0) is 11.2 Å². The number of hydrogen-bond donors (Lipinski definition) is 0. The van der Waals surface area contributed by atoms with E-state index >= 15 is 0 Å². The molecule has 0 amide bonds. The highest BCUT2D eigenvalue weighted by molar-refractivity contribution is 5.03. The maximum absolute atomic E-state index is 5.50. The van der Waals surface area contributed by atoms with E-state index in [0.29, 0.717) is 6.04 Å². The summed E-state index contributed by atoms with van der Waals surface area (Å²) in [5.41, 5.74) is 1.20. The molecule has 0 aliphatic carbocycles. The van der Waals surface area contributed by atoms with Crippen LogP contribution in [0.5, 0.6) is 0 Å². The molecule has 0 N–H and O–H groups in total. The molecular weight excluding hydrogens is 262 g/mol. The Labute approximate surface area is 129 Å². The smallest absolute Gasteiger partial charge is 0.0593 e. The van der Waals surface area contributed by atoms with Crippen LogP contribution in [0.3, 0.4) is 0 Å². The van der Waals surface area contributed by atoms with Crippen LogP contribution >= 0.6 is 0 Å². The third kappa shape index (κ3) is 5.38. The lowest BCUT2D eigenvalue weighted by Crippen LogP contribution is -2.53. The van der Waals surface area contributed by atoms with Crippen LogP contribution in [0, 0.1) is 0 Å². The number of ether oxygens (including phenoxy) is 1. The molecule has 0 radical (unpaired) electrons. The molecule has 4 nitrogen and oxygen atoms in total. The molecule has 1 aliphatic rings. The zero-order valence-corrected chi connectivity index (χ0v) is 13.5. The van der Waals surface area contributed by atoms with Crippen LogP contribution in [0.25, 0.3) is 0 Å². The summed E-state index contributed by atoms with van der Waals surface area (Å²) in [7, 11) is 0. The second-order valence-corrected chi connectivity index (χ2v) is 5.67. The van der Waals surface area contributed by atoms with E-state index < -0.39 is 0 Å². The van der Waals surface area contributed by atoms with Crippen molar-refractivity contribution in [2.45, 2.75) is 32.7 Å². The molecule has 0 saturated carbocycles. The Morgan fingerprint density at radius 3 is 2.86 bits per heavy atom. The Hall–Kier alpha value is -0.970. The molecule has 0 aromatic carbocycles. The number of nitrogens with zero attached hydrogens (tertiary/aromatic N) is 3. The third-order valence-electron chi connectivity index (χ3n) is 4.30. The lowest BCUT2D eigenvalue weighted by atomic mass is 10.1. The van der Waals surface area contributed by atoms with E-state index in [2.05, 4.69) is 40.8 Å². The Kier molecular flexibility index (Phi) is 7.13. The summed E-state index contributed by atoms with van der Waals surface area (Å²) in [4.78, 5) is 9.59. The van der Waals surface area contributed by atoms with Crippen LogP contribution < -0.4 is 0 Å². The van der Waals surface area contributed by atoms with Gasteiger partial charge in [-0.1, -0.05) is 13.0 Å². The van der Waals surface area contributed by atoms with Crippen molar-refractivity contribution in [3.05, 3.63) is 30.1 Å². The van der Waals surface area contributed by atoms with Crippen molar-refractivity contribution >= 4 is 0 Å². The Morgan fingerprint density at radius 1 is 1.24 bits per heavy atom. The van der Waals surface area contributed by atoms with Gasteiger partial charge in [-0.05, 0) is 25.5 Å². The van der Waals surface area contributed by atoms with Gasteiger partial charge in [0.1, 0.15) is 0 Å². The predicted molar refractivity (Wildman–Crippen MR) is 86.5 cm³/mol. The second-order valence-electron chi connectivity index (χ2n) is 5.67. The lowest BCUT2D eigenvalue weighted by molar-refractivity contribution is 0.0417. The summed E-state index contributed by atoms with van der Waals surface area (Å²) in [6.45, 7) is 11.7. The van der Waals surface area contributed by atoms with Crippen LogP contribution in [0.15, 0.2) is 24.4 Å². The summed E-state index contributed by atoms with van der Waals surface area (Å²) < 4.78 is 5.50. The standard InChI is InChI=1S/C17H29N3O/c1-3-17-15-19(10-8-16-7-5-6-9-18-16)11-12-20(17)13-14-21-4-2/h5-7,9,17H,3-4,8,10-15H2,1-2H3. The first-order valence-electron chi connectivity index (χ1n) is 8.27. The lowest BCUT2D eigenvalue weighted by Gasteiger charge is -2.41. The molecule has 1 atom stereocenters. The van der Waals surface area contributed by atoms with E-state index in [4.69, 9.17) is 4.74 Å². The quantitative estimate of drug-likeness (QED) is 0.686. The molecule has 0 bridgehead atoms. The fourth-order valence-corrected chi connectivity index (χ4v) is 2.99. The molecule has 118 valence electrons. The Balaban J connectivity index is 1.75. The average Bonchev–Trinajstić information content (AvgIpc) is 2.55. The van der Waals surface area contributed by atoms with Gasteiger partial charge in [0.25, 0.3) is 0 Å². The summed E-state index contributed by atoms with van der Waals surface area (Å²) in [5.74, 6) is 0. The van der Waals surface area contributed by atoms with Gasteiger partial charge in [0.2, 0.25) is 0 Å². The minimum absolute atomic E-state index is 0.669. The number of hydrogen-bond acceptors (Lipinski definition) is 4. The highest BCUT2D eigenvalue weighted by Gasteiger charge is 2.24. The van der Waals surface area contributed by atoms with Gasteiger partial charge < -0.3 is 9.64 Å². The molecule has 0 spiro atoms. The molecule has 1 aromatic rings. The van der Waals surface area contributed by atoms with Crippen molar-refractivity contribution < 1.29 is 4.74 Å². The molecule has 1 fully saturated rings. The minimum atomic E-state index is 0.669. The molecule has 1 saturated heterocycles. The van der Waals surface area contributed by atoms with E-state index in [1.54, 1.807) is 0 Å². The highest BCUT2D eigenvalue weighted by atomic mass is 16.5. The maximum Gasteiger partial charge on any atom is 0.0593 e. The SMILES string of the molecule is CCOCCN1CCN(CCc2ccccn2)CC1CC. The van der Waals surface area contributed by atoms with Crippen LogP contribution in [-0.4, -0.2) is 66.8 Å². The van der Waals surface area contributed by atoms with E-state index in [9.17, 15) is 0 Å². The highest BCUT2D eigenvalue weighted by Crippen LogP contribution is 2.13. The van der Waals surface area contributed by atoms with Crippen LogP contribution in [0.2, 0.25) is 0 Å². The Morgan fingerprint density at radius 2 is 2.14 bits per heavy atom. The zero-order valence-electron chi connectivity index (χ0n) is 13.5. The van der Waals surface area contributed by atoms with E-state index in [-0.39, 0.29) is 0 Å². The molecule has 21 heavy (non-hydrogen) atoms. The van der Waals surface area contributed by atoms with Gasteiger partial charge in [-0.2, -0.15) is 0 Å². The number of piperazine rings is 1. The van der Waals surface area contributed by atoms with Crippen molar-refractivity contribution in [3.63, 3.8) is 0 Å². The van der Waals surface area contributed by atoms with Crippen molar-refractivity contribution in [1.29, 1.82) is 0 Å². The van der Waals surface area contributed by atoms with Gasteiger partial charge in [0.05, 0.1) is 6.61 Å². The van der Waals surface area contributed by atoms with Gasteiger partial charge in [0, 0.05) is 63.7 Å². The minimum Gasteiger partial charge on any atom is -0.380 e. The second kappa shape index (κ2) is 9.13. The van der Waals surface area contributed by atoms with E-state index in [1.807, 2.05) is 12.3 Å². The van der Waals surface area contributed by atoms with Crippen LogP contribution in [0.4, 0.5) is 0 Å². The average molecular weight is 291 g/mol. The first-order chi connectivity index (χ1) is 10.3. The van der Waals surface area contributed by atoms with E-state index in [1.165, 1.54) is 18.7 Å². The van der Waals surface area contributed by atoms with Gasteiger partial charge in [-0.25, -0.2) is 0 Å². The van der Waals surface area contributed by atoms with Crippen molar-refractivity contribution in [1.82, 2.24) is 14.8 Å². The molecule has 2 heterocycles. The third-order valence-corrected chi connectivity index (χ3v) is 4.30. The Bertz CT molecular complexity index is 385. The molecule has 2 rings (SSSR count). The largest absolute Gasteiger partial charge is 0.380 e. The number of pyridine rings is 1. The molecule has 1 aliphatic heterocycles. The maximum atomic E-state index is 5.50. The van der Waals surface area contributed by atoms with Gasteiger partial charge >= 0.3 is 0 Å². The topological polar surface area (TPSA) is 28.6 Å². The number of rotatable bonds is 8. The molecule has 4 heteroatoms. The van der Waals surface area contributed by atoms with E-state index in [0.717, 1.165) is 45.8 Å². The summed E-state index contributed by atoms with van der Waals surface area (Å²) in [5, 5.41) is 0. The first-order valence-corrected chi connectivity index (χ1v) is 8.27. The summed E-state index contributed by atoms with van der Waals surface area (Å²) in [6.07, 6.45) is 4.15.